The normalized spacial score (nSPS) is 17.2. The van der Waals surface area contributed by atoms with Gasteiger partial charge in [0.25, 0.3) is 0 Å². The highest BCUT2D eigenvalue weighted by molar-refractivity contribution is 5.49. The van der Waals surface area contributed by atoms with E-state index < -0.39 is 0 Å². The third kappa shape index (κ3) is 3.35. The number of pyridine rings is 1. The average Bonchev–Trinajstić information content (AvgIpc) is 2.84. The molecule has 1 saturated heterocycles. The van der Waals surface area contributed by atoms with E-state index in [2.05, 4.69) is 41.2 Å². The molecule has 1 unspecified atom stereocenters. The van der Waals surface area contributed by atoms with Crippen molar-refractivity contribution in [2.75, 3.05) is 23.3 Å². The molecular weight excluding hydrogens is 210 g/mol. The van der Waals surface area contributed by atoms with Gasteiger partial charge in [0, 0.05) is 19.1 Å². The smallest absolute Gasteiger partial charge is 0.128 e. The van der Waals surface area contributed by atoms with Gasteiger partial charge in [-0.3, -0.25) is 0 Å². The molecule has 1 aromatic rings. The second-order valence-electron chi connectivity index (χ2n) is 4.93. The largest absolute Gasteiger partial charge is 0.381 e. The van der Waals surface area contributed by atoms with Crippen LogP contribution in [0.15, 0.2) is 18.3 Å². The molecule has 1 aliphatic heterocycles. The molecule has 0 aromatic carbocycles. The summed E-state index contributed by atoms with van der Waals surface area (Å²) in [5, 5.41) is 3.48. The first-order valence-corrected chi connectivity index (χ1v) is 6.77. The summed E-state index contributed by atoms with van der Waals surface area (Å²) in [5.41, 5.74) is 1.13. The average molecular weight is 233 g/mol. The van der Waals surface area contributed by atoms with E-state index in [-0.39, 0.29) is 0 Å². The number of aromatic nitrogens is 1. The number of nitrogens with one attached hydrogen (secondary N) is 1. The maximum Gasteiger partial charge on any atom is 0.128 e. The van der Waals surface area contributed by atoms with Gasteiger partial charge >= 0.3 is 0 Å². The van der Waals surface area contributed by atoms with Crippen LogP contribution >= 0.6 is 0 Å². The molecule has 0 bridgehead atoms. The lowest BCUT2D eigenvalue weighted by molar-refractivity contribution is 0.690. The first kappa shape index (κ1) is 12.2. The summed E-state index contributed by atoms with van der Waals surface area (Å²) in [5.74, 6) is 1.12. The number of anilines is 2. The quantitative estimate of drug-likeness (QED) is 0.846. The zero-order valence-corrected chi connectivity index (χ0v) is 10.9. The van der Waals surface area contributed by atoms with E-state index in [0.717, 1.165) is 24.6 Å². The molecule has 1 fully saturated rings. The van der Waals surface area contributed by atoms with E-state index in [1.54, 1.807) is 0 Å². The van der Waals surface area contributed by atoms with Crippen molar-refractivity contribution in [1.29, 1.82) is 0 Å². The molecule has 0 spiro atoms. The molecule has 0 aliphatic carbocycles. The zero-order chi connectivity index (χ0) is 12.1. The van der Waals surface area contributed by atoms with Gasteiger partial charge in [-0.05, 0) is 38.3 Å². The van der Waals surface area contributed by atoms with Crippen molar-refractivity contribution in [3.63, 3.8) is 0 Å². The van der Waals surface area contributed by atoms with E-state index >= 15 is 0 Å². The fourth-order valence-corrected chi connectivity index (χ4v) is 2.39. The summed E-state index contributed by atoms with van der Waals surface area (Å²) in [4.78, 5) is 6.90. The molecule has 1 aliphatic rings. The van der Waals surface area contributed by atoms with Crippen LogP contribution in [0.25, 0.3) is 0 Å². The highest BCUT2D eigenvalue weighted by Gasteiger charge is 2.13. The Bertz CT molecular complexity index is 328. The summed E-state index contributed by atoms with van der Waals surface area (Å²) in [6, 6.07) is 4.80. The van der Waals surface area contributed by atoms with Crippen molar-refractivity contribution < 1.29 is 0 Å². The molecule has 0 saturated carbocycles. The summed E-state index contributed by atoms with van der Waals surface area (Å²) < 4.78 is 0. The van der Waals surface area contributed by atoms with E-state index in [1.807, 2.05) is 6.20 Å². The van der Waals surface area contributed by atoms with Gasteiger partial charge in [-0.1, -0.05) is 13.3 Å². The Balaban J connectivity index is 1.92. The Labute approximate surface area is 104 Å². The minimum atomic E-state index is 0.527. The fourth-order valence-electron chi connectivity index (χ4n) is 2.39. The SMILES string of the molecule is CCCC(C)Nc1ccc(N2CCCC2)nc1. The third-order valence-corrected chi connectivity index (χ3v) is 3.31. The predicted molar refractivity (Wildman–Crippen MR) is 73.7 cm³/mol. The molecule has 17 heavy (non-hydrogen) atoms. The lowest BCUT2D eigenvalue weighted by atomic mass is 10.2. The van der Waals surface area contributed by atoms with Crippen LogP contribution in [-0.4, -0.2) is 24.1 Å². The molecule has 2 rings (SSSR count). The van der Waals surface area contributed by atoms with Gasteiger partial charge in [0.15, 0.2) is 0 Å². The van der Waals surface area contributed by atoms with Crippen LogP contribution in [0, 0.1) is 0 Å². The van der Waals surface area contributed by atoms with Crippen molar-refractivity contribution in [3.05, 3.63) is 18.3 Å². The Morgan fingerprint density at radius 1 is 1.35 bits per heavy atom. The van der Waals surface area contributed by atoms with Crippen molar-refractivity contribution in [2.24, 2.45) is 0 Å². The minimum absolute atomic E-state index is 0.527. The summed E-state index contributed by atoms with van der Waals surface area (Å²) in [6.45, 7) is 6.75. The van der Waals surface area contributed by atoms with Crippen LogP contribution in [-0.2, 0) is 0 Å². The first-order chi connectivity index (χ1) is 8.29. The highest BCUT2D eigenvalue weighted by Crippen LogP contribution is 2.19. The van der Waals surface area contributed by atoms with E-state index in [4.69, 9.17) is 0 Å². The number of hydrogen-bond donors (Lipinski definition) is 1. The molecule has 0 amide bonds. The van der Waals surface area contributed by atoms with Crippen molar-refractivity contribution in [1.82, 2.24) is 4.98 Å². The predicted octanol–water partition coefficient (Wildman–Crippen LogP) is 3.28. The Hall–Kier alpha value is -1.25. The van der Waals surface area contributed by atoms with Crippen molar-refractivity contribution >= 4 is 11.5 Å². The Kier molecular flexibility index (Phi) is 4.24. The fraction of sp³-hybridized carbons (Fsp3) is 0.643. The lowest BCUT2D eigenvalue weighted by Crippen LogP contribution is -2.19. The zero-order valence-electron chi connectivity index (χ0n) is 10.9. The van der Waals surface area contributed by atoms with E-state index in [1.165, 1.54) is 25.7 Å². The molecule has 2 heterocycles. The van der Waals surface area contributed by atoms with Crippen LogP contribution in [0.4, 0.5) is 11.5 Å². The minimum Gasteiger partial charge on any atom is -0.381 e. The monoisotopic (exact) mass is 233 g/mol. The standard InChI is InChI=1S/C14H23N3/c1-3-6-12(2)16-13-7-8-14(15-11-13)17-9-4-5-10-17/h7-8,11-12,16H,3-6,9-10H2,1-2H3. The maximum absolute atomic E-state index is 4.54. The van der Waals surface area contributed by atoms with E-state index in [9.17, 15) is 0 Å². The highest BCUT2D eigenvalue weighted by atomic mass is 15.2. The third-order valence-electron chi connectivity index (χ3n) is 3.31. The van der Waals surface area contributed by atoms with Gasteiger partial charge in [-0.2, -0.15) is 0 Å². The van der Waals surface area contributed by atoms with Gasteiger partial charge in [-0.15, -0.1) is 0 Å². The number of nitrogens with zero attached hydrogens (tertiary/aromatic N) is 2. The summed E-state index contributed by atoms with van der Waals surface area (Å²) in [7, 11) is 0. The maximum atomic E-state index is 4.54. The summed E-state index contributed by atoms with van der Waals surface area (Å²) >= 11 is 0. The second-order valence-corrected chi connectivity index (χ2v) is 4.93. The molecule has 3 heteroatoms. The van der Waals surface area contributed by atoms with Crippen LogP contribution in [0.1, 0.15) is 39.5 Å². The molecule has 94 valence electrons. The van der Waals surface area contributed by atoms with Gasteiger partial charge in [0.2, 0.25) is 0 Å². The van der Waals surface area contributed by atoms with Gasteiger partial charge in [0.05, 0.1) is 11.9 Å². The van der Waals surface area contributed by atoms with Gasteiger partial charge in [0.1, 0.15) is 5.82 Å². The van der Waals surface area contributed by atoms with Crippen LogP contribution in [0.3, 0.4) is 0 Å². The number of rotatable bonds is 5. The summed E-state index contributed by atoms with van der Waals surface area (Å²) in [6.07, 6.45) is 6.98. The topological polar surface area (TPSA) is 28.2 Å². The van der Waals surface area contributed by atoms with Crippen molar-refractivity contribution in [3.8, 4) is 0 Å². The molecule has 0 radical (unpaired) electrons. The lowest BCUT2D eigenvalue weighted by Gasteiger charge is -2.18. The van der Waals surface area contributed by atoms with E-state index in [0.29, 0.717) is 6.04 Å². The van der Waals surface area contributed by atoms with Gasteiger partial charge < -0.3 is 10.2 Å². The molecule has 1 atom stereocenters. The molecule has 1 N–H and O–H groups in total. The molecular formula is C14H23N3. The molecule has 1 aromatic heterocycles. The van der Waals surface area contributed by atoms with Crippen LogP contribution < -0.4 is 10.2 Å². The van der Waals surface area contributed by atoms with Crippen molar-refractivity contribution in [2.45, 2.75) is 45.6 Å². The van der Waals surface area contributed by atoms with Crippen LogP contribution in [0.5, 0.6) is 0 Å². The first-order valence-electron chi connectivity index (χ1n) is 6.77. The number of hydrogen-bond acceptors (Lipinski definition) is 3. The Morgan fingerprint density at radius 3 is 2.71 bits per heavy atom. The second kappa shape index (κ2) is 5.89. The Morgan fingerprint density at radius 2 is 2.12 bits per heavy atom. The molecule has 3 nitrogen and oxygen atoms in total. The van der Waals surface area contributed by atoms with Crippen LogP contribution in [0.2, 0.25) is 0 Å². The van der Waals surface area contributed by atoms with Gasteiger partial charge in [-0.25, -0.2) is 4.98 Å².